The summed E-state index contributed by atoms with van der Waals surface area (Å²) in [6.07, 6.45) is 4.31. The molecule has 3 aromatic heterocycles. The molecule has 2 N–H and O–H groups in total. The summed E-state index contributed by atoms with van der Waals surface area (Å²) in [6, 6.07) is 10.7. The van der Waals surface area contributed by atoms with Gasteiger partial charge in [0.15, 0.2) is 5.82 Å². The standard InChI is InChI=1S/C27H29N9O3/c1-17-14-23(39-34-17)32-27(37)30-20-6-4-19(5-7-20)24-31-22-15-35(26-28-9-3-10-29-26)11-8-21(22)25(33-24)36-12-13-38-16-18(36)2/h3-7,9-10,14,18H,8,11-13,15-16H2,1-2H3,(H2,30,32,37)/t18-/m0/s1. The minimum absolute atomic E-state index is 0.208. The van der Waals surface area contributed by atoms with Crippen LogP contribution >= 0.6 is 0 Å². The number of morpholine rings is 1. The van der Waals surface area contributed by atoms with E-state index in [9.17, 15) is 4.79 Å². The molecule has 200 valence electrons. The number of aromatic nitrogens is 5. The summed E-state index contributed by atoms with van der Waals surface area (Å²) in [5, 5.41) is 9.19. The zero-order chi connectivity index (χ0) is 26.8. The molecule has 0 spiro atoms. The van der Waals surface area contributed by atoms with Gasteiger partial charge in [-0.2, -0.15) is 0 Å². The van der Waals surface area contributed by atoms with Crippen molar-refractivity contribution in [3.63, 3.8) is 0 Å². The number of benzene rings is 1. The normalized spacial score (nSPS) is 17.0. The number of rotatable bonds is 5. The van der Waals surface area contributed by atoms with E-state index < -0.39 is 6.03 Å². The number of anilines is 4. The van der Waals surface area contributed by atoms with Gasteiger partial charge in [0.25, 0.3) is 0 Å². The third-order valence-corrected chi connectivity index (χ3v) is 6.78. The Morgan fingerprint density at radius 3 is 2.64 bits per heavy atom. The molecule has 1 atom stereocenters. The highest BCUT2D eigenvalue weighted by molar-refractivity contribution is 5.99. The molecule has 1 fully saturated rings. The molecule has 2 aliphatic heterocycles. The van der Waals surface area contributed by atoms with E-state index in [-0.39, 0.29) is 11.9 Å². The molecule has 1 aromatic carbocycles. The summed E-state index contributed by atoms with van der Waals surface area (Å²) in [5.41, 5.74) is 4.29. The number of hydrogen-bond donors (Lipinski definition) is 2. The highest BCUT2D eigenvalue weighted by atomic mass is 16.5. The molecule has 2 aliphatic rings. The minimum atomic E-state index is -0.421. The van der Waals surface area contributed by atoms with Gasteiger partial charge in [-0.1, -0.05) is 5.16 Å². The van der Waals surface area contributed by atoms with Gasteiger partial charge in [-0.15, -0.1) is 0 Å². The lowest BCUT2D eigenvalue weighted by Crippen LogP contribution is -2.45. The van der Waals surface area contributed by atoms with Crippen molar-refractivity contribution in [1.29, 1.82) is 0 Å². The molecule has 12 heteroatoms. The van der Waals surface area contributed by atoms with Crippen molar-refractivity contribution in [3.05, 3.63) is 65.7 Å². The SMILES string of the molecule is Cc1cc(NC(=O)Nc2ccc(-c3nc4c(c(N5CCOC[C@@H]5C)n3)CCN(c3ncccn3)C4)cc2)on1. The van der Waals surface area contributed by atoms with Crippen LogP contribution in [0.15, 0.2) is 53.3 Å². The number of amides is 2. The Kier molecular flexibility index (Phi) is 6.76. The van der Waals surface area contributed by atoms with E-state index in [0.717, 1.165) is 42.1 Å². The first-order chi connectivity index (χ1) is 19.0. The lowest BCUT2D eigenvalue weighted by atomic mass is 10.0. The Hall–Kier alpha value is -4.58. The first-order valence-corrected chi connectivity index (χ1v) is 12.9. The second kappa shape index (κ2) is 10.7. The van der Waals surface area contributed by atoms with Gasteiger partial charge >= 0.3 is 6.03 Å². The van der Waals surface area contributed by atoms with E-state index in [0.29, 0.717) is 42.9 Å². The van der Waals surface area contributed by atoms with Crippen molar-refractivity contribution >= 4 is 29.4 Å². The summed E-state index contributed by atoms with van der Waals surface area (Å²) in [4.78, 5) is 35.8. The van der Waals surface area contributed by atoms with Gasteiger partial charge in [-0.3, -0.25) is 5.32 Å². The van der Waals surface area contributed by atoms with Crippen LogP contribution in [-0.4, -0.2) is 63.5 Å². The molecule has 0 aliphatic carbocycles. The van der Waals surface area contributed by atoms with Gasteiger partial charge < -0.3 is 24.4 Å². The fraction of sp³-hybridized carbons (Fsp3) is 0.333. The molecular weight excluding hydrogens is 498 g/mol. The summed E-state index contributed by atoms with van der Waals surface area (Å²) in [6.45, 7) is 7.44. The number of nitrogens with zero attached hydrogens (tertiary/aromatic N) is 7. The van der Waals surface area contributed by atoms with Gasteiger partial charge in [-0.05, 0) is 50.6 Å². The van der Waals surface area contributed by atoms with Gasteiger partial charge in [0.1, 0.15) is 5.82 Å². The third kappa shape index (κ3) is 5.36. The van der Waals surface area contributed by atoms with Crippen LogP contribution in [0.25, 0.3) is 11.4 Å². The summed E-state index contributed by atoms with van der Waals surface area (Å²) >= 11 is 0. The van der Waals surface area contributed by atoms with Crippen LogP contribution in [0.1, 0.15) is 23.9 Å². The van der Waals surface area contributed by atoms with Crippen molar-refractivity contribution in [2.24, 2.45) is 0 Å². The highest BCUT2D eigenvalue weighted by Gasteiger charge is 2.29. The van der Waals surface area contributed by atoms with Crippen LogP contribution < -0.4 is 20.4 Å². The first-order valence-electron chi connectivity index (χ1n) is 12.9. The zero-order valence-corrected chi connectivity index (χ0v) is 21.8. The summed E-state index contributed by atoms with van der Waals surface area (Å²) in [7, 11) is 0. The average Bonchev–Trinajstić information content (AvgIpc) is 3.37. The van der Waals surface area contributed by atoms with Crippen LogP contribution in [0.4, 0.5) is 28.1 Å². The van der Waals surface area contributed by atoms with E-state index in [2.05, 4.69) is 42.5 Å². The zero-order valence-electron chi connectivity index (χ0n) is 21.8. The molecule has 1 saturated heterocycles. The lowest BCUT2D eigenvalue weighted by molar-refractivity contribution is 0.0984. The number of ether oxygens (including phenoxy) is 1. The van der Waals surface area contributed by atoms with Crippen LogP contribution in [0.2, 0.25) is 0 Å². The number of carbonyl (C=O) groups excluding carboxylic acids is 1. The van der Waals surface area contributed by atoms with Gasteiger partial charge in [0.2, 0.25) is 11.8 Å². The molecule has 39 heavy (non-hydrogen) atoms. The van der Waals surface area contributed by atoms with Crippen molar-refractivity contribution < 1.29 is 14.1 Å². The van der Waals surface area contributed by atoms with Crippen LogP contribution in [-0.2, 0) is 17.7 Å². The molecule has 12 nitrogen and oxygen atoms in total. The van der Waals surface area contributed by atoms with Crippen LogP contribution in [0, 0.1) is 6.92 Å². The van der Waals surface area contributed by atoms with E-state index in [1.54, 1.807) is 25.4 Å². The Morgan fingerprint density at radius 1 is 1.08 bits per heavy atom. The largest absolute Gasteiger partial charge is 0.377 e. The highest BCUT2D eigenvalue weighted by Crippen LogP contribution is 2.32. The first kappa shape index (κ1) is 24.7. The monoisotopic (exact) mass is 527 g/mol. The van der Waals surface area contributed by atoms with Crippen LogP contribution in [0.5, 0.6) is 0 Å². The van der Waals surface area contributed by atoms with Crippen molar-refractivity contribution in [2.75, 3.05) is 46.7 Å². The maximum absolute atomic E-state index is 12.3. The predicted octanol–water partition coefficient (Wildman–Crippen LogP) is 3.66. The topological polar surface area (TPSA) is 134 Å². The molecule has 0 radical (unpaired) electrons. The summed E-state index contributed by atoms with van der Waals surface area (Å²) < 4.78 is 10.7. The second-order valence-corrected chi connectivity index (χ2v) is 9.62. The van der Waals surface area contributed by atoms with Gasteiger partial charge in [-0.25, -0.2) is 24.7 Å². The average molecular weight is 528 g/mol. The second-order valence-electron chi connectivity index (χ2n) is 9.62. The van der Waals surface area contributed by atoms with E-state index in [4.69, 9.17) is 19.2 Å². The van der Waals surface area contributed by atoms with E-state index in [1.165, 1.54) is 0 Å². The quantitative estimate of drug-likeness (QED) is 0.396. The van der Waals surface area contributed by atoms with E-state index >= 15 is 0 Å². The van der Waals surface area contributed by atoms with Crippen LogP contribution in [0.3, 0.4) is 0 Å². The fourth-order valence-electron chi connectivity index (χ4n) is 4.84. The number of urea groups is 1. The number of aryl methyl sites for hydroxylation is 1. The molecule has 0 saturated carbocycles. The number of fused-ring (bicyclic) bond motifs is 1. The number of hydrogen-bond acceptors (Lipinski definition) is 10. The van der Waals surface area contributed by atoms with Crippen molar-refractivity contribution in [2.45, 2.75) is 32.9 Å². The fourth-order valence-corrected chi connectivity index (χ4v) is 4.84. The smallest absolute Gasteiger partial charge is 0.326 e. The summed E-state index contributed by atoms with van der Waals surface area (Å²) in [5.74, 6) is 2.57. The Balaban J connectivity index is 1.28. The van der Waals surface area contributed by atoms with Gasteiger partial charge in [0, 0.05) is 48.4 Å². The maximum atomic E-state index is 12.3. The number of nitrogens with one attached hydrogen (secondary N) is 2. The molecule has 0 unspecified atom stereocenters. The molecule has 6 rings (SSSR count). The number of carbonyl (C=O) groups is 1. The van der Waals surface area contributed by atoms with Crippen molar-refractivity contribution in [3.8, 4) is 11.4 Å². The van der Waals surface area contributed by atoms with E-state index in [1.807, 2.05) is 30.3 Å². The predicted molar refractivity (Wildman–Crippen MR) is 146 cm³/mol. The van der Waals surface area contributed by atoms with Crippen molar-refractivity contribution in [1.82, 2.24) is 25.1 Å². The molecule has 2 amide bonds. The van der Waals surface area contributed by atoms with Gasteiger partial charge in [0.05, 0.1) is 37.2 Å². The molecule has 4 aromatic rings. The lowest BCUT2D eigenvalue weighted by Gasteiger charge is -2.37. The Bertz CT molecular complexity index is 1460. The Morgan fingerprint density at radius 2 is 1.90 bits per heavy atom. The molecule has 5 heterocycles. The maximum Gasteiger partial charge on any atom is 0.326 e. The Labute approximate surface area is 225 Å². The minimum Gasteiger partial charge on any atom is -0.377 e. The third-order valence-electron chi connectivity index (χ3n) is 6.78. The molecule has 0 bridgehead atoms. The molecular formula is C27H29N9O3.